The number of nitrogens with one attached hydrogen (secondary N) is 1. The number of aryl methyl sites for hydroxylation is 1. The van der Waals surface area contributed by atoms with Crippen LogP contribution in [0.3, 0.4) is 0 Å². The molecule has 0 aliphatic carbocycles. The van der Waals surface area contributed by atoms with Gasteiger partial charge in [-0.25, -0.2) is 8.42 Å². The van der Waals surface area contributed by atoms with Gasteiger partial charge in [-0.3, -0.25) is 10.1 Å². The number of hydrogen-bond donors (Lipinski definition) is 1. The standard InChI is InChI=1S/C13H19N3O4S/c1-9-6-12(16(17)18)4-5-13(9)21(19,20)15-10(2)7-14-8-11(15)3/h4-6,10-11,14H,7-8H2,1-3H3. The molecule has 21 heavy (non-hydrogen) atoms. The van der Waals surface area contributed by atoms with Crippen LogP contribution < -0.4 is 5.32 Å². The quantitative estimate of drug-likeness (QED) is 0.670. The Morgan fingerprint density at radius 3 is 2.33 bits per heavy atom. The molecule has 0 amide bonds. The van der Waals surface area contributed by atoms with Gasteiger partial charge in [-0.2, -0.15) is 4.31 Å². The van der Waals surface area contributed by atoms with E-state index in [0.29, 0.717) is 18.7 Å². The molecule has 7 nitrogen and oxygen atoms in total. The lowest BCUT2D eigenvalue weighted by molar-refractivity contribution is -0.385. The Balaban J connectivity index is 2.46. The highest BCUT2D eigenvalue weighted by Gasteiger charge is 2.36. The minimum atomic E-state index is -3.66. The van der Waals surface area contributed by atoms with Crippen LogP contribution in [0.5, 0.6) is 0 Å². The molecular weight excluding hydrogens is 294 g/mol. The summed E-state index contributed by atoms with van der Waals surface area (Å²) in [5, 5.41) is 13.9. The molecule has 1 N–H and O–H groups in total. The smallest absolute Gasteiger partial charge is 0.269 e. The SMILES string of the molecule is Cc1cc([N+](=O)[O-])ccc1S(=O)(=O)N1C(C)CNCC1C. The number of nitro groups is 1. The van der Waals surface area contributed by atoms with Gasteiger partial charge in [0.25, 0.3) is 5.69 Å². The van der Waals surface area contributed by atoms with Crippen molar-refractivity contribution in [1.82, 2.24) is 9.62 Å². The molecule has 2 rings (SSSR count). The van der Waals surface area contributed by atoms with Gasteiger partial charge in [-0.1, -0.05) is 0 Å². The van der Waals surface area contributed by atoms with E-state index in [9.17, 15) is 18.5 Å². The molecule has 1 saturated heterocycles. The number of nitrogens with zero attached hydrogens (tertiary/aromatic N) is 2. The molecule has 1 aliphatic heterocycles. The van der Waals surface area contributed by atoms with Crippen molar-refractivity contribution in [2.75, 3.05) is 13.1 Å². The van der Waals surface area contributed by atoms with E-state index in [4.69, 9.17) is 0 Å². The van der Waals surface area contributed by atoms with Crippen molar-refractivity contribution in [2.45, 2.75) is 37.8 Å². The molecule has 0 spiro atoms. The molecule has 2 atom stereocenters. The summed E-state index contributed by atoms with van der Waals surface area (Å²) in [6.07, 6.45) is 0. The van der Waals surface area contributed by atoms with E-state index in [1.807, 2.05) is 13.8 Å². The van der Waals surface area contributed by atoms with Gasteiger partial charge in [-0.05, 0) is 32.4 Å². The topological polar surface area (TPSA) is 92.5 Å². The van der Waals surface area contributed by atoms with Crippen LogP contribution in [-0.4, -0.2) is 42.8 Å². The highest BCUT2D eigenvalue weighted by Crippen LogP contribution is 2.27. The lowest BCUT2D eigenvalue weighted by atomic mass is 10.2. The van der Waals surface area contributed by atoms with Crippen molar-refractivity contribution in [3.63, 3.8) is 0 Å². The Hall–Kier alpha value is -1.51. The Labute approximate surface area is 124 Å². The number of benzene rings is 1. The highest BCUT2D eigenvalue weighted by atomic mass is 32.2. The zero-order valence-electron chi connectivity index (χ0n) is 12.2. The molecule has 1 fully saturated rings. The summed E-state index contributed by atoms with van der Waals surface area (Å²) in [6.45, 7) is 6.46. The summed E-state index contributed by atoms with van der Waals surface area (Å²) < 4.78 is 27.2. The van der Waals surface area contributed by atoms with Gasteiger partial charge in [0.1, 0.15) is 0 Å². The normalized spacial score (nSPS) is 24.0. The molecule has 2 unspecified atom stereocenters. The monoisotopic (exact) mass is 313 g/mol. The third-order valence-corrected chi connectivity index (χ3v) is 5.96. The molecule has 8 heteroatoms. The lowest BCUT2D eigenvalue weighted by Gasteiger charge is -2.38. The average Bonchev–Trinajstić information content (AvgIpc) is 2.37. The van der Waals surface area contributed by atoms with Gasteiger partial charge in [0.15, 0.2) is 0 Å². The predicted octanol–water partition coefficient (Wildman–Crippen LogP) is 1.27. The maximum Gasteiger partial charge on any atom is 0.269 e. The zero-order valence-corrected chi connectivity index (χ0v) is 13.1. The summed E-state index contributed by atoms with van der Waals surface area (Å²) in [5.41, 5.74) is 0.287. The van der Waals surface area contributed by atoms with Crippen molar-refractivity contribution in [2.24, 2.45) is 0 Å². The summed E-state index contributed by atoms with van der Waals surface area (Å²) in [4.78, 5) is 10.4. The van der Waals surface area contributed by atoms with E-state index in [-0.39, 0.29) is 22.7 Å². The van der Waals surface area contributed by atoms with Crippen LogP contribution in [0.15, 0.2) is 23.1 Å². The number of hydrogen-bond acceptors (Lipinski definition) is 5. The number of rotatable bonds is 3. The average molecular weight is 313 g/mol. The second kappa shape index (κ2) is 5.70. The van der Waals surface area contributed by atoms with Gasteiger partial charge in [0.05, 0.1) is 9.82 Å². The molecule has 0 aromatic heterocycles. The van der Waals surface area contributed by atoms with Crippen molar-refractivity contribution in [1.29, 1.82) is 0 Å². The first-order valence-electron chi connectivity index (χ1n) is 6.74. The van der Waals surface area contributed by atoms with E-state index in [1.165, 1.54) is 22.5 Å². The van der Waals surface area contributed by atoms with Crippen LogP contribution in [0.25, 0.3) is 0 Å². The number of sulfonamides is 1. The minimum Gasteiger partial charge on any atom is -0.314 e. The maximum absolute atomic E-state index is 12.8. The van der Waals surface area contributed by atoms with Crippen LogP contribution in [0.4, 0.5) is 5.69 Å². The Morgan fingerprint density at radius 1 is 1.29 bits per heavy atom. The van der Waals surface area contributed by atoms with Crippen LogP contribution in [0, 0.1) is 17.0 Å². The summed E-state index contributed by atoms with van der Waals surface area (Å²) in [7, 11) is -3.66. The zero-order chi connectivity index (χ0) is 15.8. The van der Waals surface area contributed by atoms with Crippen molar-refractivity contribution >= 4 is 15.7 Å². The molecule has 0 saturated carbocycles. The third-order valence-electron chi connectivity index (χ3n) is 3.67. The first-order chi connectivity index (χ1) is 9.75. The Bertz CT molecular complexity index is 649. The Kier molecular flexibility index (Phi) is 4.31. The molecule has 1 heterocycles. The van der Waals surface area contributed by atoms with Crippen molar-refractivity contribution in [3.8, 4) is 0 Å². The first kappa shape index (κ1) is 15.9. The molecule has 1 aromatic rings. The summed E-state index contributed by atoms with van der Waals surface area (Å²) >= 11 is 0. The fourth-order valence-electron chi connectivity index (χ4n) is 2.74. The maximum atomic E-state index is 12.8. The summed E-state index contributed by atoms with van der Waals surface area (Å²) in [5.74, 6) is 0. The largest absolute Gasteiger partial charge is 0.314 e. The van der Waals surface area contributed by atoms with Crippen LogP contribution in [0.2, 0.25) is 0 Å². The van der Waals surface area contributed by atoms with Gasteiger partial charge in [0, 0.05) is 37.3 Å². The van der Waals surface area contributed by atoms with Gasteiger partial charge >= 0.3 is 0 Å². The van der Waals surface area contributed by atoms with Crippen molar-refractivity contribution in [3.05, 3.63) is 33.9 Å². The molecule has 1 aliphatic rings. The van der Waals surface area contributed by atoms with E-state index in [0.717, 1.165) is 0 Å². The molecule has 116 valence electrons. The molecule has 1 aromatic carbocycles. The van der Waals surface area contributed by atoms with Crippen LogP contribution >= 0.6 is 0 Å². The van der Waals surface area contributed by atoms with E-state index < -0.39 is 14.9 Å². The minimum absolute atomic E-state index is 0.104. The fraction of sp³-hybridized carbons (Fsp3) is 0.538. The third kappa shape index (κ3) is 2.92. The molecular formula is C13H19N3O4S. The van der Waals surface area contributed by atoms with Gasteiger partial charge in [0.2, 0.25) is 10.0 Å². The predicted molar refractivity (Wildman–Crippen MR) is 78.7 cm³/mol. The second-order valence-electron chi connectivity index (χ2n) is 5.40. The molecule has 0 bridgehead atoms. The lowest BCUT2D eigenvalue weighted by Crippen LogP contribution is -2.57. The number of non-ortho nitro benzene ring substituents is 1. The van der Waals surface area contributed by atoms with Gasteiger partial charge in [-0.15, -0.1) is 0 Å². The van der Waals surface area contributed by atoms with Gasteiger partial charge < -0.3 is 5.32 Å². The van der Waals surface area contributed by atoms with Crippen LogP contribution in [0.1, 0.15) is 19.4 Å². The van der Waals surface area contributed by atoms with E-state index >= 15 is 0 Å². The summed E-state index contributed by atoms with van der Waals surface area (Å²) in [6, 6.07) is 3.54. The van der Waals surface area contributed by atoms with E-state index in [1.54, 1.807) is 6.92 Å². The van der Waals surface area contributed by atoms with Crippen LogP contribution in [-0.2, 0) is 10.0 Å². The van der Waals surface area contributed by atoms with Crippen molar-refractivity contribution < 1.29 is 13.3 Å². The van der Waals surface area contributed by atoms with E-state index in [2.05, 4.69) is 5.32 Å². The first-order valence-corrected chi connectivity index (χ1v) is 8.18. The Morgan fingerprint density at radius 2 is 1.86 bits per heavy atom. The second-order valence-corrected chi connectivity index (χ2v) is 7.21. The number of nitro benzene ring substituents is 1. The number of piperazine rings is 1. The fourth-order valence-corrected chi connectivity index (χ4v) is 4.77. The highest BCUT2D eigenvalue weighted by molar-refractivity contribution is 7.89. The molecule has 0 radical (unpaired) electrons.